The molecule has 0 unspecified atom stereocenters. The fourth-order valence-electron chi connectivity index (χ4n) is 2.12. The monoisotopic (exact) mass is 317 g/mol. The Bertz CT molecular complexity index is 482. The summed E-state index contributed by atoms with van der Waals surface area (Å²) in [6.45, 7) is 5.96. The number of amides is 2. The molecule has 1 aromatic rings. The lowest BCUT2D eigenvalue weighted by atomic mass is 10.2. The van der Waals surface area contributed by atoms with Gasteiger partial charge >= 0.3 is 0 Å². The van der Waals surface area contributed by atoms with Gasteiger partial charge < -0.3 is 15.5 Å². The van der Waals surface area contributed by atoms with Crippen LogP contribution in [0.1, 0.15) is 21.5 Å². The van der Waals surface area contributed by atoms with Crippen molar-refractivity contribution in [3.8, 4) is 0 Å². The quantitative estimate of drug-likeness (QED) is 0.888. The van der Waals surface area contributed by atoms with Crippen molar-refractivity contribution < 1.29 is 9.59 Å². The molecule has 2 N–H and O–H groups in total. The number of piperazine rings is 1. The van der Waals surface area contributed by atoms with Crippen LogP contribution in [0, 0.1) is 6.92 Å². The van der Waals surface area contributed by atoms with Gasteiger partial charge in [0.05, 0.1) is 10.9 Å². The number of rotatable bonds is 2. The van der Waals surface area contributed by atoms with Gasteiger partial charge in [-0.15, -0.1) is 23.7 Å². The third-order valence-electron chi connectivity index (χ3n) is 3.22. The van der Waals surface area contributed by atoms with Crippen LogP contribution < -0.4 is 5.73 Å². The van der Waals surface area contributed by atoms with E-state index in [0.717, 1.165) is 9.75 Å². The number of halogens is 1. The van der Waals surface area contributed by atoms with E-state index in [-0.39, 0.29) is 24.2 Å². The van der Waals surface area contributed by atoms with E-state index in [4.69, 9.17) is 5.73 Å². The van der Waals surface area contributed by atoms with Crippen molar-refractivity contribution in [2.24, 2.45) is 5.73 Å². The van der Waals surface area contributed by atoms with E-state index < -0.39 is 6.04 Å². The zero-order chi connectivity index (χ0) is 14.0. The first-order chi connectivity index (χ1) is 8.99. The molecule has 20 heavy (non-hydrogen) atoms. The molecule has 0 aliphatic carbocycles. The molecule has 1 aliphatic rings. The summed E-state index contributed by atoms with van der Waals surface area (Å²) in [5.74, 6) is 0.0186. The molecule has 1 saturated heterocycles. The third kappa shape index (κ3) is 3.71. The van der Waals surface area contributed by atoms with Crippen LogP contribution in [0.15, 0.2) is 12.1 Å². The summed E-state index contributed by atoms with van der Waals surface area (Å²) in [7, 11) is 0. The smallest absolute Gasteiger partial charge is 0.264 e. The molecule has 0 aromatic carbocycles. The highest BCUT2D eigenvalue weighted by atomic mass is 35.5. The van der Waals surface area contributed by atoms with E-state index in [9.17, 15) is 9.59 Å². The number of nitrogens with zero attached hydrogens (tertiary/aromatic N) is 2. The van der Waals surface area contributed by atoms with Crippen LogP contribution in [0.5, 0.6) is 0 Å². The molecular formula is C13H20ClN3O2S. The van der Waals surface area contributed by atoms with Gasteiger partial charge in [0.15, 0.2) is 0 Å². The number of hydrogen-bond donors (Lipinski definition) is 1. The Morgan fingerprint density at radius 3 is 2.20 bits per heavy atom. The Morgan fingerprint density at radius 2 is 1.75 bits per heavy atom. The molecule has 2 amide bonds. The van der Waals surface area contributed by atoms with Crippen LogP contribution in [-0.2, 0) is 4.79 Å². The minimum atomic E-state index is -0.470. The Morgan fingerprint density at radius 1 is 1.20 bits per heavy atom. The summed E-state index contributed by atoms with van der Waals surface area (Å²) in [6, 6.07) is 3.34. The topological polar surface area (TPSA) is 66.6 Å². The highest BCUT2D eigenvalue weighted by molar-refractivity contribution is 7.13. The minimum Gasteiger partial charge on any atom is -0.338 e. The first-order valence-corrected chi connectivity index (χ1v) is 7.21. The number of hydrogen-bond acceptors (Lipinski definition) is 4. The van der Waals surface area contributed by atoms with Crippen LogP contribution >= 0.6 is 23.7 Å². The standard InChI is InChI=1S/C13H19N3O2S.ClH/c1-9-3-4-11(19-9)13(18)16-7-5-15(6-8-16)12(17)10(2)14;/h3-4,10H,5-8,14H2,1-2H3;1H/t10-;/m0./s1. The van der Waals surface area contributed by atoms with Crippen molar-refractivity contribution >= 4 is 35.6 Å². The van der Waals surface area contributed by atoms with Crippen LogP contribution in [0.3, 0.4) is 0 Å². The van der Waals surface area contributed by atoms with E-state index in [2.05, 4.69) is 0 Å². The zero-order valence-electron chi connectivity index (χ0n) is 11.7. The highest BCUT2D eigenvalue weighted by Crippen LogP contribution is 2.18. The average molecular weight is 318 g/mol. The van der Waals surface area contributed by atoms with E-state index in [1.807, 2.05) is 19.1 Å². The molecule has 5 nitrogen and oxygen atoms in total. The lowest BCUT2D eigenvalue weighted by Crippen LogP contribution is -2.53. The van der Waals surface area contributed by atoms with Crippen molar-refractivity contribution in [3.63, 3.8) is 0 Å². The maximum atomic E-state index is 12.2. The summed E-state index contributed by atoms with van der Waals surface area (Å²) in [5, 5.41) is 0. The van der Waals surface area contributed by atoms with E-state index in [1.54, 1.807) is 16.7 Å². The third-order valence-corrected chi connectivity index (χ3v) is 4.21. The van der Waals surface area contributed by atoms with E-state index >= 15 is 0 Å². The van der Waals surface area contributed by atoms with Crippen molar-refractivity contribution in [1.29, 1.82) is 0 Å². The van der Waals surface area contributed by atoms with Crippen LogP contribution in [0.4, 0.5) is 0 Å². The summed E-state index contributed by atoms with van der Waals surface area (Å²) >= 11 is 1.51. The van der Waals surface area contributed by atoms with Gasteiger partial charge in [-0.1, -0.05) is 0 Å². The summed E-state index contributed by atoms with van der Waals surface area (Å²) in [5.41, 5.74) is 5.58. The normalized spacial score (nSPS) is 16.6. The second-order valence-corrected chi connectivity index (χ2v) is 6.10. The minimum absolute atomic E-state index is 0. The Kier molecular flexibility index (Phi) is 5.98. The van der Waals surface area contributed by atoms with Crippen molar-refractivity contribution in [1.82, 2.24) is 9.80 Å². The molecule has 1 aromatic heterocycles. The molecule has 0 bridgehead atoms. The second kappa shape index (κ2) is 7.06. The van der Waals surface area contributed by atoms with Crippen LogP contribution in [0.25, 0.3) is 0 Å². The Labute approximate surface area is 129 Å². The first kappa shape index (κ1) is 16.9. The maximum Gasteiger partial charge on any atom is 0.264 e. The molecule has 0 radical (unpaired) electrons. The zero-order valence-corrected chi connectivity index (χ0v) is 13.3. The number of aryl methyl sites for hydroxylation is 1. The Hall–Kier alpha value is -1.11. The Balaban J connectivity index is 0.00000200. The number of carbonyl (C=O) groups is 2. The van der Waals surface area contributed by atoms with Gasteiger partial charge in [0.25, 0.3) is 5.91 Å². The van der Waals surface area contributed by atoms with E-state index in [0.29, 0.717) is 26.2 Å². The molecule has 112 valence electrons. The van der Waals surface area contributed by atoms with Gasteiger partial charge in [-0.25, -0.2) is 0 Å². The largest absolute Gasteiger partial charge is 0.338 e. The lowest BCUT2D eigenvalue weighted by Gasteiger charge is -2.35. The van der Waals surface area contributed by atoms with Crippen LogP contribution in [0.2, 0.25) is 0 Å². The maximum absolute atomic E-state index is 12.2. The molecule has 1 atom stereocenters. The SMILES string of the molecule is Cc1ccc(C(=O)N2CCN(C(=O)[C@H](C)N)CC2)s1.Cl. The molecule has 7 heteroatoms. The molecular weight excluding hydrogens is 298 g/mol. The molecule has 0 spiro atoms. The van der Waals surface area contributed by atoms with Gasteiger partial charge in [-0.3, -0.25) is 9.59 Å². The van der Waals surface area contributed by atoms with Crippen molar-refractivity contribution in [2.75, 3.05) is 26.2 Å². The summed E-state index contributed by atoms with van der Waals surface area (Å²) in [6.07, 6.45) is 0. The van der Waals surface area contributed by atoms with Crippen molar-refractivity contribution in [2.45, 2.75) is 19.9 Å². The predicted molar refractivity (Wildman–Crippen MR) is 82.4 cm³/mol. The number of nitrogens with two attached hydrogens (primary N) is 1. The van der Waals surface area contributed by atoms with Crippen LogP contribution in [-0.4, -0.2) is 53.8 Å². The lowest BCUT2D eigenvalue weighted by molar-refractivity contribution is -0.133. The molecule has 2 heterocycles. The van der Waals surface area contributed by atoms with Crippen molar-refractivity contribution in [3.05, 3.63) is 21.9 Å². The van der Waals surface area contributed by atoms with E-state index in [1.165, 1.54) is 11.3 Å². The predicted octanol–water partition coefficient (Wildman–Crippen LogP) is 1.11. The molecule has 1 fully saturated rings. The molecule has 0 saturated carbocycles. The van der Waals surface area contributed by atoms with Gasteiger partial charge in [0.2, 0.25) is 5.91 Å². The number of carbonyl (C=O) groups excluding carboxylic acids is 2. The fraction of sp³-hybridized carbons (Fsp3) is 0.538. The molecule has 1 aliphatic heterocycles. The van der Waals surface area contributed by atoms with Gasteiger partial charge in [0.1, 0.15) is 0 Å². The second-order valence-electron chi connectivity index (χ2n) is 4.82. The highest BCUT2D eigenvalue weighted by Gasteiger charge is 2.26. The number of thiophene rings is 1. The summed E-state index contributed by atoms with van der Waals surface area (Å²) in [4.78, 5) is 29.4. The van der Waals surface area contributed by atoms with Gasteiger partial charge in [-0.05, 0) is 26.0 Å². The first-order valence-electron chi connectivity index (χ1n) is 6.39. The fourth-order valence-corrected chi connectivity index (χ4v) is 2.96. The average Bonchev–Trinajstić information content (AvgIpc) is 2.84. The van der Waals surface area contributed by atoms with Gasteiger partial charge in [-0.2, -0.15) is 0 Å². The molecule has 2 rings (SSSR count). The van der Waals surface area contributed by atoms with Gasteiger partial charge in [0, 0.05) is 31.1 Å². The summed E-state index contributed by atoms with van der Waals surface area (Å²) < 4.78 is 0.